The first-order valence-corrected chi connectivity index (χ1v) is 18.6. The molecule has 0 aliphatic carbocycles. The van der Waals surface area contributed by atoms with E-state index in [0.29, 0.717) is 40.4 Å². The quantitative estimate of drug-likeness (QED) is 0.127. The lowest BCUT2D eigenvalue weighted by Gasteiger charge is -2.36. The summed E-state index contributed by atoms with van der Waals surface area (Å²) in [5.41, 5.74) is 4.87. The molecule has 5 aromatic rings. The Kier molecular flexibility index (Phi) is 9.94. The number of nitrogens with one attached hydrogen (secondary N) is 3. The molecule has 1 saturated heterocycles. The van der Waals surface area contributed by atoms with Crippen molar-refractivity contribution in [2.45, 2.75) is 96.1 Å². The summed E-state index contributed by atoms with van der Waals surface area (Å²) in [6, 6.07) is 13.5. The molecule has 2 aromatic carbocycles. The predicted molar refractivity (Wildman–Crippen MR) is 194 cm³/mol. The number of sulfone groups is 1. The summed E-state index contributed by atoms with van der Waals surface area (Å²) >= 11 is 0. The summed E-state index contributed by atoms with van der Waals surface area (Å²) in [6.45, 7) is 16.6. The lowest BCUT2D eigenvalue weighted by atomic mass is 9.86. The van der Waals surface area contributed by atoms with Gasteiger partial charge in [0, 0.05) is 24.1 Å². The molecule has 0 amide bonds. The SMILES string of the molecule is Cc1cc(Nc2nc(Nc3ccccc3S(=O)(=O)C(C)C)c3c(C)[nH]nc3n2)c(OC(C)C)cc1C1CCN(C(C)Cn2cccn2)CC1. The third-order valence-electron chi connectivity index (χ3n) is 9.24. The van der Waals surface area contributed by atoms with Crippen LogP contribution in [0.5, 0.6) is 5.75 Å². The monoisotopic (exact) mass is 685 g/mol. The number of para-hydroxylation sites is 1. The number of fused-ring (bicyclic) bond motifs is 1. The van der Waals surface area contributed by atoms with E-state index < -0.39 is 15.1 Å². The van der Waals surface area contributed by atoms with Crippen LogP contribution >= 0.6 is 0 Å². The zero-order valence-corrected chi connectivity index (χ0v) is 30.2. The van der Waals surface area contributed by atoms with Gasteiger partial charge in [-0.25, -0.2) is 8.42 Å². The first kappa shape index (κ1) is 34.4. The van der Waals surface area contributed by atoms with Crippen LogP contribution in [0.2, 0.25) is 0 Å². The van der Waals surface area contributed by atoms with Crippen molar-refractivity contribution in [1.29, 1.82) is 0 Å². The molecule has 0 bridgehead atoms. The van der Waals surface area contributed by atoms with E-state index in [1.165, 1.54) is 11.1 Å². The topological polar surface area (TPSA) is 143 Å². The molecule has 49 heavy (non-hydrogen) atoms. The van der Waals surface area contributed by atoms with E-state index in [1.807, 2.05) is 43.9 Å². The van der Waals surface area contributed by atoms with Gasteiger partial charge in [0.2, 0.25) is 5.95 Å². The Labute approximate surface area is 288 Å². The highest BCUT2D eigenvalue weighted by atomic mass is 32.2. The zero-order chi connectivity index (χ0) is 34.9. The largest absolute Gasteiger partial charge is 0.489 e. The second kappa shape index (κ2) is 14.2. The number of benzene rings is 2. The summed E-state index contributed by atoms with van der Waals surface area (Å²) in [6.07, 6.45) is 5.95. The van der Waals surface area contributed by atoms with Crippen LogP contribution in [0.3, 0.4) is 0 Å². The molecule has 1 atom stereocenters. The maximum Gasteiger partial charge on any atom is 0.231 e. The Hall–Kier alpha value is -4.49. The minimum absolute atomic E-state index is 0.0462. The van der Waals surface area contributed by atoms with Gasteiger partial charge in [-0.1, -0.05) is 12.1 Å². The zero-order valence-electron chi connectivity index (χ0n) is 29.4. The third-order valence-corrected chi connectivity index (χ3v) is 11.5. The highest BCUT2D eigenvalue weighted by Gasteiger charge is 2.27. The molecule has 1 unspecified atom stereocenters. The molecule has 4 heterocycles. The van der Waals surface area contributed by atoms with E-state index in [9.17, 15) is 8.42 Å². The maximum absolute atomic E-state index is 13.2. The van der Waals surface area contributed by atoms with Crippen molar-refractivity contribution in [1.82, 2.24) is 34.8 Å². The number of anilines is 4. The van der Waals surface area contributed by atoms with Crippen molar-refractivity contribution >= 4 is 44.0 Å². The molecule has 0 saturated carbocycles. The third kappa shape index (κ3) is 7.42. The molecule has 6 rings (SSSR count). The molecular weight excluding hydrogens is 639 g/mol. The number of likely N-dealkylation sites (tertiary alicyclic amines) is 1. The van der Waals surface area contributed by atoms with E-state index in [2.05, 4.69) is 56.8 Å². The van der Waals surface area contributed by atoms with Crippen LogP contribution in [0.25, 0.3) is 11.0 Å². The van der Waals surface area contributed by atoms with Crippen molar-refractivity contribution in [2.24, 2.45) is 0 Å². The van der Waals surface area contributed by atoms with Gasteiger partial charge in [-0.05, 0) is 122 Å². The van der Waals surface area contributed by atoms with Gasteiger partial charge in [-0.2, -0.15) is 20.2 Å². The van der Waals surface area contributed by atoms with Crippen LogP contribution in [0.4, 0.5) is 23.1 Å². The summed E-state index contributed by atoms with van der Waals surface area (Å²) in [7, 11) is -3.56. The summed E-state index contributed by atoms with van der Waals surface area (Å²) < 4.78 is 34.8. The molecule has 0 radical (unpaired) electrons. The molecule has 1 fully saturated rings. The smallest absolute Gasteiger partial charge is 0.231 e. The molecular formula is C36H47N9O3S. The first-order chi connectivity index (χ1) is 23.4. The number of piperidine rings is 1. The Morgan fingerprint density at radius 2 is 1.73 bits per heavy atom. The van der Waals surface area contributed by atoms with Gasteiger partial charge in [0.1, 0.15) is 11.6 Å². The van der Waals surface area contributed by atoms with Crippen LogP contribution in [0, 0.1) is 13.8 Å². The predicted octanol–water partition coefficient (Wildman–Crippen LogP) is 6.89. The molecule has 0 spiro atoms. The number of ether oxygens (including phenoxy) is 1. The van der Waals surface area contributed by atoms with Gasteiger partial charge in [0.15, 0.2) is 15.5 Å². The van der Waals surface area contributed by atoms with Crippen LogP contribution in [0.1, 0.15) is 70.2 Å². The summed E-state index contributed by atoms with van der Waals surface area (Å²) in [5.74, 6) is 1.91. The normalized spacial score (nSPS) is 15.3. The number of rotatable bonds is 12. The number of aryl methyl sites for hydroxylation is 2. The maximum atomic E-state index is 13.2. The Bertz CT molecular complexity index is 2010. The van der Waals surface area contributed by atoms with E-state index in [0.717, 1.165) is 49.6 Å². The molecule has 3 aromatic heterocycles. The molecule has 1 aliphatic heterocycles. The van der Waals surface area contributed by atoms with Gasteiger partial charge >= 0.3 is 0 Å². The highest BCUT2D eigenvalue weighted by Crippen LogP contribution is 2.39. The average Bonchev–Trinajstić information content (AvgIpc) is 3.72. The standard InChI is InChI=1S/C36H47N9O3S/c1-22(2)48-31-20-28(27-13-17-44(18-14-27)25(6)21-45-16-10-15-37-45)24(5)19-30(31)39-36-40-34(33-26(7)42-43-35(33)41-36)38-29-11-8-9-12-32(29)49(46,47)23(3)4/h8-12,15-16,19-20,22-23,25,27H,13-14,17-18,21H2,1-7H3,(H3,38,39,40,41,42,43). The second-order valence-corrected chi connectivity index (χ2v) is 16.0. The fourth-order valence-electron chi connectivity index (χ4n) is 6.57. The lowest BCUT2D eigenvalue weighted by molar-refractivity contribution is 0.146. The molecule has 3 N–H and O–H groups in total. The number of H-pyrrole nitrogens is 1. The number of hydrogen-bond donors (Lipinski definition) is 3. The molecule has 12 nitrogen and oxygen atoms in total. The van der Waals surface area contributed by atoms with Gasteiger partial charge in [-0.3, -0.25) is 14.7 Å². The van der Waals surface area contributed by atoms with E-state index in [1.54, 1.807) is 38.1 Å². The van der Waals surface area contributed by atoms with Crippen molar-refractivity contribution in [2.75, 3.05) is 23.7 Å². The molecule has 13 heteroatoms. The number of nitrogens with zero attached hydrogens (tertiary/aromatic N) is 6. The lowest BCUT2D eigenvalue weighted by Crippen LogP contribution is -2.41. The minimum Gasteiger partial charge on any atom is -0.489 e. The minimum atomic E-state index is -3.56. The van der Waals surface area contributed by atoms with Crippen molar-refractivity contribution in [3.05, 3.63) is 71.7 Å². The van der Waals surface area contributed by atoms with Crippen molar-refractivity contribution < 1.29 is 13.2 Å². The van der Waals surface area contributed by atoms with Crippen LogP contribution in [0.15, 0.2) is 59.8 Å². The average molecular weight is 686 g/mol. The van der Waals surface area contributed by atoms with Gasteiger partial charge in [-0.15, -0.1) is 0 Å². The fourth-order valence-corrected chi connectivity index (χ4v) is 7.77. The number of aromatic nitrogens is 6. The van der Waals surface area contributed by atoms with E-state index >= 15 is 0 Å². The van der Waals surface area contributed by atoms with Gasteiger partial charge in [0.25, 0.3) is 0 Å². The van der Waals surface area contributed by atoms with Gasteiger partial charge in [0.05, 0.1) is 39.6 Å². The first-order valence-electron chi connectivity index (χ1n) is 17.0. The van der Waals surface area contributed by atoms with Crippen molar-refractivity contribution in [3.8, 4) is 5.75 Å². The molecule has 1 aliphatic rings. The van der Waals surface area contributed by atoms with Crippen molar-refractivity contribution in [3.63, 3.8) is 0 Å². The van der Waals surface area contributed by atoms with Crippen LogP contribution in [-0.2, 0) is 16.4 Å². The van der Waals surface area contributed by atoms with E-state index in [-0.39, 0.29) is 11.0 Å². The van der Waals surface area contributed by atoms with Gasteiger partial charge < -0.3 is 15.4 Å². The highest BCUT2D eigenvalue weighted by molar-refractivity contribution is 7.92. The fraction of sp³-hybridized carbons (Fsp3) is 0.444. The van der Waals surface area contributed by atoms with Crippen LogP contribution in [-0.4, -0.2) is 73.7 Å². The Balaban J connectivity index is 1.28. The summed E-state index contributed by atoms with van der Waals surface area (Å²) in [5, 5.41) is 18.6. The number of hydrogen-bond acceptors (Lipinski definition) is 10. The van der Waals surface area contributed by atoms with Crippen LogP contribution < -0.4 is 15.4 Å². The Morgan fingerprint density at radius 1 is 0.980 bits per heavy atom. The molecule has 260 valence electrons. The second-order valence-electron chi connectivity index (χ2n) is 13.5. The number of aromatic amines is 1. The Morgan fingerprint density at radius 3 is 2.43 bits per heavy atom. The van der Waals surface area contributed by atoms with E-state index in [4.69, 9.17) is 14.7 Å². The summed E-state index contributed by atoms with van der Waals surface area (Å²) in [4.78, 5) is 12.3.